The smallest absolute Gasteiger partial charge is 0.346 e. The van der Waals surface area contributed by atoms with E-state index in [4.69, 9.17) is 5.11 Å². The van der Waals surface area contributed by atoms with E-state index in [-0.39, 0.29) is 16.7 Å². The van der Waals surface area contributed by atoms with Gasteiger partial charge in [-0.3, -0.25) is 4.79 Å². The van der Waals surface area contributed by atoms with Gasteiger partial charge in [0.1, 0.15) is 4.88 Å². The van der Waals surface area contributed by atoms with E-state index in [2.05, 4.69) is 5.32 Å². The Morgan fingerprint density at radius 1 is 1.53 bits per heavy atom. The Hall–Kier alpha value is -1.36. The minimum absolute atomic E-state index is 0.0457. The van der Waals surface area contributed by atoms with Crippen molar-refractivity contribution in [2.24, 2.45) is 5.92 Å². The highest BCUT2D eigenvalue weighted by Gasteiger charge is 2.16. The third kappa shape index (κ3) is 3.56. The number of amides is 1. The highest BCUT2D eigenvalue weighted by molar-refractivity contribution is 7.18. The molecule has 0 bridgehead atoms. The van der Waals surface area contributed by atoms with E-state index in [1.165, 1.54) is 0 Å². The van der Waals surface area contributed by atoms with E-state index in [1.54, 1.807) is 13.0 Å². The molecule has 1 amide bonds. The molecule has 0 saturated heterocycles. The summed E-state index contributed by atoms with van der Waals surface area (Å²) in [5.74, 6) is -1.05. The minimum atomic E-state index is -0.949. The summed E-state index contributed by atoms with van der Waals surface area (Å²) in [5, 5.41) is 12.3. The van der Waals surface area contributed by atoms with Crippen LogP contribution < -0.4 is 5.32 Å². The largest absolute Gasteiger partial charge is 0.477 e. The van der Waals surface area contributed by atoms with Crippen molar-refractivity contribution in [3.63, 3.8) is 0 Å². The molecule has 1 unspecified atom stereocenters. The van der Waals surface area contributed by atoms with Gasteiger partial charge in [-0.2, -0.15) is 0 Å². The molecule has 17 heavy (non-hydrogen) atoms. The Labute approximate surface area is 105 Å². The number of anilines is 1. The van der Waals surface area contributed by atoms with Crippen LogP contribution in [0, 0.1) is 12.8 Å². The molecular weight excluding hydrogens is 238 g/mol. The summed E-state index contributed by atoms with van der Waals surface area (Å²) >= 11 is 1.10. The van der Waals surface area contributed by atoms with Crippen LogP contribution >= 0.6 is 11.3 Å². The van der Waals surface area contributed by atoms with Crippen LogP contribution in [-0.2, 0) is 4.79 Å². The molecule has 0 saturated carbocycles. The molecule has 0 aliphatic carbocycles. The number of nitrogens with one attached hydrogen (secondary N) is 1. The molecule has 0 radical (unpaired) electrons. The average molecular weight is 255 g/mol. The number of thiophene rings is 1. The molecule has 1 atom stereocenters. The molecule has 5 heteroatoms. The second kappa shape index (κ2) is 5.82. The van der Waals surface area contributed by atoms with Crippen LogP contribution in [0.5, 0.6) is 0 Å². The first kappa shape index (κ1) is 13.7. The van der Waals surface area contributed by atoms with Gasteiger partial charge in [-0.1, -0.05) is 20.3 Å². The summed E-state index contributed by atoms with van der Waals surface area (Å²) < 4.78 is 0. The lowest BCUT2D eigenvalue weighted by atomic mass is 10.1. The number of hydrogen-bond acceptors (Lipinski definition) is 3. The van der Waals surface area contributed by atoms with E-state index in [9.17, 15) is 9.59 Å². The molecule has 1 rings (SSSR count). The van der Waals surface area contributed by atoms with Crippen molar-refractivity contribution in [2.45, 2.75) is 33.6 Å². The lowest BCUT2D eigenvalue weighted by Gasteiger charge is -2.09. The van der Waals surface area contributed by atoms with E-state index in [0.29, 0.717) is 10.6 Å². The Morgan fingerprint density at radius 3 is 2.65 bits per heavy atom. The fraction of sp³-hybridized carbons (Fsp3) is 0.500. The highest BCUT2D eigenvalue weighted by atomic mass is 32.1. The molecular formula is C12H17NO3S. The average Bonchev–Trinajstić information content (AvgIpc) is 2.59. The van der Waals surface area contributed by atoms with Gasteiger partial charge in [-0.25, -0.2) is 4.79 Å². The van der Waals surface area contributed by atoms with Crippen LogP contribution in [0.2, 0.25) is 0 Å². The van der Waals surface area contributed by atoms with Crippen LogP contribution in [0.25, 0.3) is 0 Å². The van der Waals surface area contributed by atoms with Crippen molar-refractivity contribution in [2.75, 3.05) is 5.32 Å². The molecule has 0 aliphatic heterocycles. The van der Waals surface area contributed by atoms with E-state index in [1.807, 2.05) is 13.8 Å². The molecule has 1 heterocycles. The molecule has 0 aromatic carbocycles. The third-order valence-electron chi connectivity index (χ3n) is 2.53. The van der Waals surface area contributed by atoms with Crippen molar-refractivity contribution >= 4 is 28.2 Å². The predicted molar refractivity (Wildman–Crippen MR) is 68.7 cm³/mol. The molecule has 0 fully saturated rings. The third-order valence-corrected chi connectivity index (χ3v) is 3.67. The summed E-state index contributed by atoms with van der Waals surface area (Å²) in [6, 6.07) is 1.70. The van der Waals surface area contributed by atoms with Gasteiger partial charge in [0.15, 0.2) is 0 Å². The lowest BCUT2D eigenvalue weighted by molar-refractivity contribution is -0.119. The number of carboxylic acid groups (broad SMARTS) is 1. The lowest BCUT2D eigenvalue weighted by Crippen LogP contribution is -2.19. The van der Waals surface area contributed by atoms with E-state index >= 15 is 0 Å². The molecule has 0 aliphatic rings. The van der Waals surface area contributed by atoms with Gasteiger partial charge < -0.3 is 10.4 Å². The first-order valence-corrected chi connectivity index (χ1v) is 6.42. The van der Waals surface area contributed by atoms with Crippen molar-refractivity contribution in [3.8, 4) is 0 Å². The summed E-state index contributed by atoms with van der Waals surface area (Å²) in [6.07, 6.45) is 1.79. The van der Waals surface area contributed by atoms with Crippen molar-refractivity contribution in [1.82, 2.24) is 0 Å². The fourth-order valence-corrected chi connectivity index (χ4v) is 2.48. The first-order chi connectivity index (χ1) is 7.95. The van der Waals surface area contributed by atoms with E-state index < -0.39 is 5.97 Å². The molecule has 94 valence electrons. The maximum atomic E-state index is 11.7. The van der Waals surface area contributed by atoms with Gasteiger partial charge in [0, 0.05) is 5.92 Å². The maximum absolute atomic E-state index is 11.7. The Kier molecular flexibility index (Phi) is 4.69. The van der Waals surface area contributed by atoms with Gasteiger partial charge in [0.25, 0.3) is 0 Å². The van der Waals surface area contributed by atoms with Crippen LogP contribution in [0.15, 0.2) is 6.07 Å². The van der Waals surface area contributed by atoms with Crippen LogP contribution in [-0.4, -0.2) is 17.0 Å². The molecule has 2 N–H and O–H groups in total. The number of aromatic carboxylic acids is 1. The number of carbonyl (C=O) groups is 2. The second-order valence-electron chi connectivity index (χ2n) is 4.11. The first-order valence-electron chi connectivity index (χ1n) is 5.60. The van der Waals surface area contributed by atoms with Crippen molar-refractivity contribution < 1.29 is 14.7 Å². The molecule has 0 spiro atoms. The second-order valence-corrected chi connectivity index (χ2v) is 5.16. The zero-order chi connectivity index (χ0) is 13.0. The summed E-state index contributed by atoms with van der Waals surface area (Å²) in [6.45, 7) is 5.63. The summed E-state index contributed by atoms with van der Waals surface area (Å²) in [5.41, 5.74) is 0.681. The number of rotatable bonds is 5. The molecule has 1 aromatic rings. The monoisotopic (exact) mass is 255 g/mol. The van der Waals surface area contributed by atoms with Gasteiger partial charge in [-0.15, -0.1) is 11.3 Å². The zero-order valence-electron chi connectivity index (χ0n) is 10.2. The Morgan fingerprint density at radius 2 is 2.18 bits per heavy atom. The normalized spacial score (nSPS) is 12.2. The van der Waals surface area contributed by atoms with E-state index in [0.717, 1.165) is 24.2 Å². The fourth-order valence-electron chi connectivity index (χ4n) is 1.56. The highest BCUT2D eigenvalue weighted by Crippen LogP contribution is 2.27. The Bertz CT molecular complexity index is 425. The van der Waals surface area contributed by atoms with Crippen LogP contribution in [0.1, 0.15) is 41.9 Å². The van der Waals surface area contributed by atoms with Crippen molar-refractivity contribution in [3.05, 3.63) is 16.5 Å². The topological polar surface area (TPSA) is 66.4 Å². The van der Waals surface area contributed by atoms with Gasteiger partial charge in [0.2, 0.25) is 5.91 Å². The predicted octanol–water partition coefficient (Wildman–Crippen LogP) is 3.13. The number of aryl methyl sites for hydroxylation is 1. The number of carboxylic acids is 1. The number of hydrogen-bond donors (Lipinski definition) is 2. The van der Waals surface area contributed by atoms with Crippen LogP contribution in [0.3, 0.4) is 0 Å². The van der Waals surface area contributed by atoms with Gasteiger partial charge in [0.05, 0.1) is 5.00 Å². The summed E-state index contributed by atoms with van der Waals surface area (Å²) in [7, 11) is 0. The minimum Gasteiger partial charge on any atom is -0.477 e. The van der Waals surface area contributed by atoms with Crippen molar-refractivity contribution in [1.29, 1.82) is 0 Å². The number of carbonyl (C=O) groups excluding carboxylic acids is 1. The SMILES string of the molecule is CCCC(C)C(=O)Nc1cc(C)c(C(=O)O)s1. The Balaban J connectivity index is 2.72. The van der Waals surface area contributed by atoms with Crippen LogP contribution in [0.4, 0.5) is 5.00 Å². The quantitative estimate of drug-likeness (QED) is 0.849. The summed E-state index contributed by atoms with van der Waals surface area (Å²) in [4.78, 5) is 22.9. The zero-order valence-corrected chi connectivity index (χ0v) is 11.1. The van der Waals surface area contributed by atoms with Gasteiger partial charge in [-0.05, 0) is 25.0 Å². The standard InChI is InChI=1S/C12H17NO3S/c1-4-5-7(2)11(14)13-9-6-8(3)10(17-9)12(15)16/h6-7H,4-5H2,1-3H3,(H,13,14)(H,15,16). The molecule has 1 aromatic heterocycles. The molecule has 4 nitrogen and oxygen atoms in total. The maximum Gasteiger partial charge on any atom is 0.346 e. The van der Waals surface area contributed by atoms with Gasteiger partial charge >= 0.3 is 5.97 Å².